The van der Waals surface area contributed by atoms with Crippen molar-refractivity contribution >= 4 is 17.6 Å². The van der Waals surface area contributed by atoms with Crippen molar-refractivity contribution in [2.24, 2.45) is 23.7 Å². The first-order valence-electron chi connectivity index (χ1n) is 7.43. The van der Waals surface area contributed by atoms with Crippen molar-refractivity contribution in [1.29, 1.82) is 0 Å². The van der Waals surface area contributed by atoms with Gasteiger partial charge in [-0.25, -0.2) is 0 Å². The predicted molar refractivity (Wildman–Crippen MR) is 82.0 cm³/mol. The minimum Gasteiger partial charge on any atom is -0.481 e. The van der Waals surface area contributed by atoms with Gasteiger partial charge in [-0.3, -0.25) is 4.79 Å². The highest BCUT2D eigenvalue weighted by molar-refractivity contribution is 6.30. The van der Waals surface area contributed by atoms with Gasteiger partial charge in [0.1, 0.15) is 0 Å². The van der Waals surface area contributed by atoms with Gasteiger partial charge in [-0.1, -0.05) is 37.6 Å². The van der Waals surface area contributed by atoms with Crippen molar-refractivity contribution in [1.82, 2.24) is 0 Å². The molecule has 0 spiro atoms. The molecule has 1 aromatic carbocycles. The maximum atomic E-state index is 11.7. The zero-order valence-electron chi connectivity index (χ0n) is 12.2. The number of halogens is 1. The van der Waals surface area contributed by atoms with Crippen LogP contribution in [-0.2, 0) is 11.2 Å². The normalized spacial score (nSPS) is 28.1. The molecule has 0 saturated heterocycles. The molecular weight excluding hydrogens is 272 g/mol. The van der Waals surface area contributed by atoms with Crippen molar-refractivity contribution in [2.45, 2.75) is 39.5 Å². The highest BCUT2D eigenvalue weighted by Crippen LogP contribution is 2.38. The Hall–Kier alpha value is -1.02. The number of hydrogen-bond acceptors (Lipinski definition) is 1. The van der Waals surface area contributed by atoms with E-state index in [1.807, 2.05) is 24.3 Å². The second kappa shape index (κ2) is 6.62. The average Bonchev–Trinajstić information content (AvgIpc) is 2.34. The molecule has 0 bridgehead atoms. The Balaban J connectivity index is 2.12. The third-order valence-corrected chi connectivity index (χ3v) is 4.68. The van der Waals surface area contributed by atoms with Crippen LogP contribution in [0.25, 0.3) is 0 Å². The number of hydrogen-bond donors (Lipinski definition) is 1. The van der Waals surface area contributed by atoms with Crippen molar-refractivity contribution in [3.05, 3.63) is 34.9 Å². The minimum atomic E-state index is -0.670. The summed E-state index contributed by atoms with van der Waals surface area (Å²) in [6.07, 6.45) is 3.86. The van der Waals surface area contributed by atoms with Crippen LogP contribution in [0.4, 0.5) is 0 Å². The second-order valence-electron chi connectivity index (χ2n) is 6.46. The van der Waals surface area contributed by atoms with Gasteiger partial charge in [0.2, 0.25) is 0 Å². The molecular formula is C17H23ClO2. The summed E-state index contributed by atoms with van der Waals surface area (Å²) >= 11 is 5.99. The van der Waals surface area contributed by atoms with Gasteiger partial charge in [-0.2, -0.15) is 0 Å². The molecule has 1 fully saturated rings. The van der Waals surface area contributed by atoms with Crippen LogP contribution in [0.15, 0.2) is 24.3 Å². The van der Waals surface area contributed by atoms with Gasteiger partial charge in [0.05, 0.1) is 5.92 Å². The number of carboxylic acids is 1. The Morgan fingerprint density at radius 1 is 1.30 bits per heavy atom. The van der Waals surface area contributed by atoms with E-state index in [0.29, 0.717) is 23.3 Å². The van der Waals surface area contributed by atoms with E-state index in [0.717, 1.165) is 18.4 Å². The predicted octanol–water partition coefficient (Wildman–Crippen LogP) is 4.66. The van der Waals surface area contributed by atoms with Gasteiger partial charge in [-0.05, 0) is 61.1 Å². The maximum absolute atomic E-state index is 11.7. The van der Waals surface area contributed by atoms with Gasteiger partial charge in [0.15, 0.2) is 0 Å². The number of aliphatic carboxylic acids is 1. The van der Waals surface area contributed by atoms with Gasteiger partial charge < -0.3 is 5.11 Å². The molecule has 0 amide bonds. The van der Waals surface area contributed by atoms with Crippen molar-refractivity contribution in [3.8, 4) is 0 Å². The van der Waals surface area contributed by atoms with E-state index < -0.39 is 5.97 Å². The lowest BCUT2D eigenvalue weighted by molar-refractivity contribution is -0.144. The van der Waals surface area contributed by atoms with Crippen LogP contribution in [-0.4, -0.2) is 11.1 Å². The molecule has 1 aromatic rings. The van der Waals surface area contributed by atoms with Crippen LogP contribution in [0.2, 0.25) is 5.02 Å². The van der Waals surface area contributed by atoms with Gasteiger partial charge in [0.25, 0.3) is 0 Å². The Labute approximate surface area is 126 Å². The highest BCUT2D eigenvalue weighted by Gasteiger charge is 2.34. The molecule has 2 nitrogen and oxygen atoms in total. The monoisotopic (exact) mass is 294 g/mol. The standard InChI is InChI=1S/C17H23ClO2/c1-11-6-12(2)8-14(7-11)16(17(19)20)10-13-4-3-5-15(18)9-13/h3-5,9,11-12,14,16H,6-8,10H2,1-2H3,(H,19,20). The SMILES string of the molecule is CC1CC(C)CC(C(Cc2cccc(Cl)c2)C(=O)O)C1. The zero-order valence-corrected chi connectivity index (χ0v) is 12.9. The van der Waals surface area contributed by atoms with E-state index in [1.54, 1.807) is 0 Å². The van der Waals surface area contributed by atoms with Crippen LogP contribution in [0, 0.1) is 23.7 Å². The summed E-state index contributed by atoms with van der Waals surface area (Å²) in [7, 11) is 0. The number of benzene rings is 1. The van der Waals surface area contributed by atoms with E-state index in [1.165, 1.54) is 6.42 Å². The molecule has 110 valence electrons. The average molecular weight is 295 g/mol. The highest BCUT2D eigenvalue weighted by atomic mass is 35.5. The molecule has 0 radical (unpaired) electrons. The second-order valence-corrected chi connectivity index (χ2v) is 6.89. The molecule has 0 aliphatic heterocycles. The third kappa shape index (κ3) is 3.99. The van der Waals surface area contributed by atoms with E-state index >= 15 is 0 Å². The zero-order chi connectivity index (χ0) is 14.7. The van der Waals surface area contributed by atoms with E-state index in [2.05, 4.69) is 13.8 Å². The topological polar surface area (TPSA) is 37.3 Å². The van der Waals surface area contributed by atoms with Gasteiger partial charge in [0, 0.05) is 5.02 Å². The lowest BCUT2D eigenvalue weighted by Crippen LogP contribution is -2.32. The van der Waals surface area contributed by atoms with E-state index in [9.17, 15) is 9.90 Å². The van der Waals surface area contributed by atoms with Crippen LogP contribution in [0.5, 0.6) is 0 Å². The van der Waals surface area contributed by atoms with Crippen molar-refractivity contribution in [2.75, 3.05) is 0 Å². The molecule has 0 aromatic heterocycles. The lowest BCUT2D eigenvalue weighted by atomic mass is 9.70. The van der Waals surface area contributed by atoms with E-state index in [-0.39, 0.29) is 11.8 Å². The number of rotatable bonds is 4. The Kier molecular flexibility index (Phi) is 5.09. The molecule has 3 unspecified atom stereocenters. The van der Waals surface area contributed by atoms with Crippen LogP contribution in [0.3, 0.4) is 0 Å². The molecule has 3 heteroatoms. The van der Waals surface area contributed by atoms with Crippen LogP contribution < -0.4 is 0 Å². The first kappa shape index (κ1) is 15.4. The van der Waals surface area contributed by atoms with E-state index in [4.69, 9.17) is 11.6 Å². The Morgan fingerprint density at radius 3 is 2.50 bits per heavy atom. The Bertz CT molecular complexity index is 462. The first-order valence-corrected chi connectivity index (χ1v) is 7.80. The minimum absolute atomic E-state index is 0.283. The molecule has 1 aliphatic rings. The van der Waals surface area contributed by atoms with Crippen molar-refractivity contribution < 1.29 is 9.90 Å². The molecule has 20 heavy (non-hydrogen) atoms. The fraction of sp³-hybridized carbons (Fsp3) is 0.588. The van der Waals surface area contributed by atoms with Crippen molar-refractivity contribution in [3.63, 3.8) is 0 Å². The molecule has 0 heterocycles. The molecule has 1 N–H and O–H groups in total. The fourth-order valence-corrected chi connectivity index (χ4v) is 3.92. The third-order valence-electron chi connectivity index (χ3n) is 4.45. The molecule has 3 atom stereocenters. The van der Waals surface area contributed by atoms with Gasteiger partial charge in [-0.15, -0.1) is 0 Å². The fourth-order valence-electron chi connectivity index (χ4n) is 3.71. The number of carboxylic acid groups (broad SMARTS) is 1. The first-order chi connectivity index (χ1) is 9.45. The van der Waals surface area contributed by atoms with Crippen LogP contribution in [0.1, 0.15) is 38.7 Å². The quantitative estimate of drug-likeness (QED) is 0.877. The summed E-state index contributed by atoms with van der Waals surface area (Å²) in [6.45, 7) is 4.47. The summed E-state index contributed by atoms with van der Waals surface area (Å²) in [5.41, 5.74) is 1.02. The largest absolute Gasteiger partial charge is 0.481 e. The lowest BCUT2D eigenvalue weighted by Gasteiger charge is -2.35. The summed E-state index contributed by atoms with van der Waals surface area (Å²) in [5.74, 6) is 0.579. The summed E-state index contributed by atoms with van der Waals surface area (Å²) in [5, 5.41) is 10.3. The molecule has 1 saturated carbocycles. The summed E-state index contributed by atoms with van der Waals surface area (Å²) < 4.78 is 0. The smallest absolute Gasteiger partial charge is 0.307 e. The number of carbonyl (C=O) groups is 1. The molecule has 2 rings (SSSR count). The van der Waals surface area contributed by atoms with Crippen LogP contribution >= 0.6 is 11.6 Å². The maximum Gasteiger partial charge on any atom is 0.307 e. The van der Waals surface area contributed by atoms with Gasteiger partial charge >= 0.3 is 5.97 Å². The summed E-state index contributed by atoms with van der Waals surface area (Å²) in [4.78, 5) is 11.7. The Morgan fingerprint density at radius 2 is 1.95 bits per heavy atom. The molecule has 1 aliphatic carbocycles. The summed E-state index contributed by atoms with van der Waals surface area (Å²) in [6, 6.07) is 7.57.